The number of carbonyl (C=O) groups is 1. The van der Waals surface area contributed by atoms with E-state index in [9.17, 15) is 4.79 Å². The fourth-order valence-corrected chi connectivity index (χ4v) is 4.06. The van der Waals surface area contributed by atoms with Gasteiger partial charge in [0.25, 0.3) is 0 Å². The number of aromatic amines is 1. The first-order chi connectivity index (χ1) is 11.1. The smallest absolute Gasteiger partial charge is 0.226 e. The van der Waals surface area contributed by atoms with Crippen LogP contribution in [0.5, 0.6) is 0 Å². The van der Waals surface area contributed by atoms with Gasteiger partial charge < -0.3 is 14.8 Å². The number of H-pyrrole nitrogens is 1. The third-order valence-electron chi connectivity index (χ3n) is 5.31. The molecule has 0 saturated carbocycles. The molecule has 23 heavy (non-hydrogen) atoms. The molecule has 0 radical (unpaired) electrons. The summed E-state index contributed by atoms with van der Waals surface area (Å²) < 4.78 is 0. The van der Waals surface area contributed by atoms with Gasteiger partial charge in [-0.1, -0.05) is 11.6 Å². The molecule has 1 fully saturated rings. The van der Waals surface area contributed by atoms with Gasteiger partial charge in [-0.05, 0) is 50.1 Å². The lowest BCUT2D eigenvalue weighted by Gasteiger charge is -2.35. The number of hydrogen-bond acceptors (Lipinski definition) is 2. The van der Waals surface area contributed by atoms with Crippen molar-refractivity contribution in [2.24, 2.45) is 5.92 Å². The highest BCUT2D eigenvalue weighted by Crippen LogP contribution is 2.33. The Morgan fingerprint density at radius 3 is 2.83 bits per heavy atom. The molecule has 2 aliphatic rings. The summed E-state index contributed by atoms with van der Waals surface area (Å²) in [6.45, 7) is 3.68. The quantitative estimate of drug-likeness (QED) is 0.872. The van der Waals surface area contributed by atoms with Crippen molar-refractivity contribution in [1.29, 1.82) is 0 Å². The molecule has 5 heteroatoms. The predicted octanol–water partition coefficient (Wildman–Crippen LogP) is 2.70. The lowest BCUT2D eigenvalue weighted by Crippen LogP contribution is -2.49. The summed E-state index contributed by atoms with van der Waals surface area (Å²) in [4.78, 5) is 20.7. The maximum atomic E-state index is 12.9. The van der Waals surface area contributed by atoms with Crippen molar-refractivity contribution in [3.05, 3.63) is 34.5 Å². The van der Waals surface area contributed by atoms with Crippen LogP contribution in [0.2, 0.25) is 5.02 Å². The Labute approximate surface area is 141 Å². The Bertz CT molecular complexity index is 746. The molecule has 2 aromatic rings. The number of aryl methyl sites for hydroxylation is 1. The van der Waals surface area contributed by atoms with Crippen LogP contribution in [0.15, 0.2) is 18.2 Å². The van der Waals surface area contributed by atoms with Gasteiger partial charge in [0.05, 0.1) is 0 Å². The number of benzene rings is 1. The first-order valence-electron chi connectivity index (χ1n) is 8.38. The van der Waals surface area contributed by atoms with Crippen molar-refractivity contribution in [2.45, 2.75) is 19.3 Å². The van der Waals surface area contributed by atoms with Gasteiger partial charge in [-0.25, -0.2) is 0 Å². The van der Waals surface area contributed by atoms with Gasteiger partial charge in [0, 0.05) is 53.7 Å². The van der Waals surface area contributed by atoms with Crippen LogP contribution < -0.4 is 0 Å². The number of halogens is 1. The molecule has 1 aromatic heterocycles. The van der Waals surface area contributed by atoms with E-state index < -0.39 is 0 Å². The van der Waals surface area contributed by atoms with Crippen LogP contribution in [0.4, 0.5) is 0 Å². The van der Waals surface area contributed by atoms with Crippen LogP contribution >= 0.6 is 11.6 Å². The van der Waals surface area contributed by atoms with Crippen molar-refractivity contribution < 1.29 is 4.79 Å². The summed E-state index contributed by atoms with van der Waals surface area (Å²) in [5, 5.41) is 1.94. The van der Waals surface area contributed by atoms with E-state index in [4.69, 9.17) is 11.6 Å². The highest BCUT2D eigenvalue weighted by molar-refractivity contribution is 6.31. The fourth-order valence-electron chi connectivity index (χ4n) is 3.89. The summed E-state index contributed by atoms with van der Waals surface area (Å²) in [6, 6.07) is 5.97. The molecule has 1 aliphatic heterocycles. The van der Waals surface area contributed by atoms with E-state index in [1.165, 1.54) is 16.6 Å². The minimum Gasteiger partial charge on any atom is -0.358 e. The average molecular weight is 332 g/mol. The van der Waals surface area contributed by atoms with Crippen LogP contribution in [0, 0.1) is 5.92 Å². The van der Waals surface area contributed by atoms with Gasteiger partial charge in [0.1, 0.15) is 0 Å². The zero-order valence-corrected chi connectivity index (χ0v) is 14.2. The lowest BCUT2D eigenvalue weighted by atomic mass is 9.85. The van der Waals surface area contributed by atoms with Crippen LogP contribution in [0.25, 0.3) is 10.9 Å². The molecule has 1 saturated heterocycles. The fraction of sp³-hybridized carbons (Fsp3) is 0.500. The number of carbonyl (C=O) groups excluding carboxylic acids is 1. The summed E-state index contributed by atoms with van der Waals surface area (Å²) in [6.07, 6.45) is 2.73. The summed E-state index contributed by atoms with van der Waals surface area (Å²) in [7, 11) is 2.12. The van der Waals surface area contributed by atoms with E-state index in [0.29, 0.717) is 5.91 Å². The van der Waals surface area contributed by atoms with E-state index in [0.717, 1.165) is 56.0 Å². The molecule has 1 amide bonds. The molecule has 4 rings (SSSR count). The maximum Gasteiger partial charge on any atom is 0.226 e. The number of piperazine rings is 1. The maximum absolute atomic E-state index is 12.9. The number of likely N-dealkylation sites (N-methyl/N-ethyl adjacent to an activating group) is 1. The van der Waals surface area contributed by atoms with Gasteiger partial charge in [-0.2, -0.15) is 0 Å². The van der Waals surface area contributed by atoms with Crippen molar-refractivity contribution >= 4 is 28.4 Å². The number of fused-ring (bicyclic) bond motifs is 3. The number of amides is 1. The molecule has 1 aromatic carbocycles. The van der Waals surface area contributed by atoms with Crippen LogP contribution in [-0.4, -0.2) is 53.9 Å². The standard InChI is InChI=1S/C18H22ClN3O/c1-21-6-8-22(9-7-21)18(23)12-2-4-16-14(10-12)15-11-13(19)3-5-17(15)20-16/h3,5,11-12,20H,2,4,6-10H2,1H3. The molecule has 1 N–H and O–H groups in total. The molecule has 0 spiro atoms. The summed E-state index contributed by atoms with van der Waals surface area (Å²) in [5.41, 5.74) is 3.71. The molecule has 4 nitrogen and oxygen atoms in total. The van der Waals surface area contributed by atoms with E-state index >= 15 is 0 Å². The van der Waals surface area contributed by atoms with Crippen LogP contribution in [0.1, 0.15) is 17.7 Å². The SMILES string of the molecule is CN1CCN(C(=O)C2CCc3[nH]c4ccc(Cl)cc4c3C2)CC1. The zero-order chi connectivity index (χ0) is 16.0. The van der Waals surface area contributed by atoms with E-state index in [1.807, 2.05) is 18.2 Å². The second-order valence-electron chi connectivity index (χ2n) is 6.84. The third-order valence-corrected chi connectivity index (χ3v) is 5.55. The first-order valence-corrected chi connectivity index (χ1v) is 8.76. The average Bonchev–Trinajstić information content (AvgIpc) is 2.92. The van der Waals surface area contributed by atoms with Gasteiger partial charge in [0.2, 0.25) is 5.91 Å². The highest BCUT2D eigenvalue weighted by atomic mass is 35.5. The number of nitrogens with zero attached hydrogens (tertiary/aromatic N) is 2. The molecule has 0 bridgehead atoms. The van der Waals surface area contributed by atoms with Crippen molar-refractivity contribution in [3.8, 4) is 0 Å². The topological polar surface area (TPSA) is 39.3 Å². The Kier molecular flexibility index (Phi) is 3.82. The minimum absolute atomic E-state index is 0.115. The molecule has 1 unspecified atom stereocenters. The largest absolute Gasteiger partial charge is 0.358 e. The second kappa shape index (κ2) is 5.84. The van der Waals surface area contributed by atoms with Crippen LogP contribution in [-0.2, 0) is 17.6 Å². The zero-order valence-electron chi connectivity index (χ0n) is 13.4. The minimum atomic E-state index is 0.115. The second-order valence-corrected chi connectivity index (χ2v) is 7.28. The number of aromatic nitrogens is 1. The highest BCUT2D eigenvalue weighted by Gasteiger charge is 2.31. The van der Waals surface area contributed by atoms with Gasteiger partial charge >= 0.3 is 0 Å². The summed E-state index contributed by atoms with van der Waals surface area (Å²) in [5.74, 6) is 0.448. The van der Waals surface area contributed by atoms with Gasteiger partial charge in [0.15, 0.2) is 0 Å². The third kappa shape index (κ3) is 2.74. The molecular formula is C18H22ClN3O. The molecule has 2 heterocycles. The van der Waals surface area contributed by atoms with Crippen molar-refractivity contribution in [2.75, 3.05) is 33.2 Å². The molecule has 1 atom stereocenters. The van der Waals surface area contributed by atoms with Crippen molar-refractivity contribution in [3.63, 3.8) is 0 Å². The van der Waals surface area contributed by atoms with Gasteiger partial charge in [-0.3, -0.25) is 4.79 Å². The predicted molar refractivity (Wildman–Crippen MR) is 92.9 cm³/mol. The lowest BCUT2D eigenvalue weighted by molar-refractivity contribution is -0.137. The number of rotatable bonds is 1. The van der Waals surface area contributed by atoms with Gasteiger partial charge in [-0.15, -0.1) is 0 Å². The monoisotopic (exact) mass is 331 g/mol. The first kappa shape index (κ1) is 15.0. The Morgan fingerprint density at radius 2 is 2.04 bits per heavy atom. The Hall–Kier alpha value is -1.52. The molecular weight excluding hydrogens is 310 g/mol. The van der Waals surface area contributed by atoms with Crippen molar-refractivity contribution in [1.82, 2.24) is 14.8 Å². The van der Waals surface area contributed by atoms with Crippen LogP contribution in [0.3, 0.4) is 0 Å². The Morgan fingerprint density at radius 1 is 1.26 bits per heavy atom. The number of hydrogen-bond donors (Lipinski definition) is 1. The number of nitrogens with one attached hydrogen (secondary N) is 1. The molecule has 122 valence electrons. The van der Waals surface area contributed by atoms with E-state index in [-0.39, 0.29) is 5.92 Å². The molecule has 1 aliphatic carbocycles. The normalized spacial score (nSPS) is 22.3. The van der Waals surface area contributed by atoms with E-state index in [1.54, 1.807) is 0 Å². The van der Waals surface area contributed by atoms with E-state index in [2.05, 4.69) is 21.8 Å². The Balaban J connectivity index is 1.57. The summed E-state index contributed by atoms with van der Waals surface area (Å²) >= 11 is 6.16.